The predicted molar refractivity (Wildman–Crippen MR) is 132 cm³/mol. The van der Waals surface area contributed by atoms with E-state index in [-0.39, 0.29) is 0 Å². The maximum atomic E-state index is 6.82. The van der Waals surface area contributed by atoms with Crippen LogP contribution in [0.25, 0.3) is 16.7 Å². The van der Waals surface area contributed by atoms with Crippen LogP contribution in [0.15, 0.2) is 54.9 Å². The van der Waals surface area contributed by atoms with Crippen molar-refractivity contribution >= 4 is 40.0 Å². The Morgan fingerprint density at radius 3 is 2.58 bits per heavy atom. The van der Waals surface area contributed by atoms with Crippen LogP contribution in [-0.2, 0) is 16.1 Å². The molecule has 1 fully saturated rings. The second-order valence-electron chi connectivity index (χ2n) is 8.06. The molecule has 1 aliphatic heterocycles. The van der Waals surface area contributed by atoms with Gasteiger partial charge in [-0.2, -0.15) is 4.98 Å². The first-order chi connectivity index (χ1) is 16.1. The molecule has 1 N–H and O–H groups in total. The number of methoxy groups -OCH3 is 1. The summed E-state index contributed by atoms with van der Waals surface area (Å²) in [5.74, 6) is 0.538. The van der Waals surface area contributed by atoms with Crippen molar-refractivity contribution < 1.29 is 9.47 Å². The minimum absolute atomic E-state index is 0.538. The van der Waals surface area contributed by atoms with Crippen LogP contribution in [0.3, 0.4) is 0 Å². The van der Waals surface area contributed by atoms with Crippen LogP contribution in [-0.4, -0.2) is 47.9 Å². The lowest BCUT2D eigenvalue weighted by atomic mass is 10.1. The average molecular weight is 464 g/mol. The zero-order valence-corrected chi connectivity index (χ0v) is 19.5. The van der Waals surface area contributed by atoms with Crippen LogP contribution in [0, 0.1) is 6.92 Å². The first kappa shape index (κ1) is 21.7. The molecule has 7 nitrogen and oxygen atoms in total. The van der Waals surface area contributed by atoms with Gasteiger partial charge in [0.2, 0.25) is 5.95 Å². The van der Waals surface area contributed by atoms with E-state index in [0.29, 0.717) is 12.6 Å². The summed E-state index contributed by atoms with van der Waals surface area (Å²) in [5, 5.41) is 5.02. The number of benzene rings is 2. The van der Waals surface area contributed by atoms with E-state index in [1.54, 1.807) is 7.11 Å². The topological polar surface area (TPSA) is 64.4 Å². The fourth-order valence-corrected chi connectivity index (χ4v) is 4.40. The summed E-state index contributed by atoms with van der Waals surface area (Å²) >= 11 is 6.82. The van der Waals surface area contributed by atoms with Crippen molar-refractivity contribution in [3.8, 4) is 5.69 Å². The maximum absolute atomic E-state index is 6.82. The predicted octanol–water partition coefficient (Wildman–Crippen LogP) is 5.11. The highest BCUT2D eigenvalue weighted by atomic mass is 35.5. The lowest BCUT2D eigenvalue weighted by Gasteiger charge is -2.30. The van der Waals surface area contributed by atoms with Gasteiger partial charge in [0.1, 0.15) is 5.65 Å². The number of anilines is 3. The minimum Gasteiger partial charge on any atom is -0.380 e. The summed E-state index contributed by atoms with van der Waals surface area (Å²) in [6, 6.07) is 14.2. The average Bonchev–Trinajstić information content (AvgIpc) is 3.26. The smallest absolute Gasteiger partial charge is 0.229 e. The summed E-state index contributed by atoms with van der Waals surface area (Å²) in [4.78, 5) is 11.5. The first-order valence-electron chi connectivity index (χ1n) is 11.0. The normalized spacial score (nSPS) is 14.1. The molecule has 5 rings (SSSR count). The Kier molecular flexibility index (Phi) is 6.17. The number of fused-ring (bicyclic) bond motifs is 1. The highest BCUT2D eigenvalue weighted by Gasteiger charge is 2.18. The third kappa shape index (κ3) is 4.39. The van der Waals surface area contributed by atoms with E-state index in [0.717, 1.165) is 70.5 Å². The van der Waals surface area contributed by atoms with E-state index in [2.05, 4.69) is 38.8 Å². The molecule has 1 aliphatic rings. The Balaban J connectivity index is 1.46. The van der Waals surface area contributed by atoms with Gasteiger partial charge >= 0.3 is 0 Å². The Hall–Kier alpha value is -3.13. The first-order valence-corrected chi connectivity index (χ1v) is 11.3. The van der Waals surface area contributed by atoms with Crippen molar-refractivity contribution in [2.24, 2.45) is 0 Å². The van der Waals surface area contributed by atoms with Gasteiger partial charge in [-0.05, 0) is 48.4 Å². The second kappa shape index (κ2) is 9.39. The third-order valence-corrected chi connectivity index (χ3v) is 6.37. The maximum Gasteiger partial charge on any atom is 0.229 e. The molecule has 0 atom stereocenters. The molecular formula is C25H26ClN5O2. The van der Waals surface area contributed by atoms with Crippen molar-refractivity contribution in [2.75, 3.05) is 43.6 Å². The molecule has 0 radical (unpaired) electrons. The van der Waals surface area contributed by atoms with Crippen LogP contribution in [0.1, 0.15) is 11.1 Å². The number of nitrogens with one attached hydrogen (secondary N) is 1. The summed E-state index contributed by atoms with van der Waals surface area (Å²) in [5.41, 5.74) is 5.91. The molecule has 1 saturated heterocycles. The van der Waals surface area contributed by atoms with Crippen molar-refractivity contribution in [1.29, 1.82) is 0 Å². The molecule has 170 valence electrons. The summed E-state index contributed by atoms with van der Waals surface area (Å²) in [6.45, 7) is 5.78. The molecule has 0 bridgehead atoms. The van der Waals surface area contributed by atoms with E-state index >= 15 is 0 Å². The van der Waals surface area contributed by atoms with E-state index in [4.69, 9.17) is 26.1 Å². The van der Waals surface area contributed by atoms with E-state index in [1.165, 1.54) is 0 Å². The third-order valence-electron chi connectivity index (χ3n) is 5.90. The van der Waals surface area contributed by atoms with Crippen LogP contribution in [0.5, 0.6) is 0 Å². The van der Waals surface area contributed by atoms with E-state index in [1.807, 2.05) is 42.7 Å². The highest BCUT2D eigenvalue weighted by Crippen LogP contribution is 2.34. The second-order valence-corrected chi connectivity index (χ2v) is 8.43. The number of nitrogens with zero attached hydrogens (tertiary/aromatic N) is 4. The molecule has 0 amide bonds. The van der Waals surface area contributed by atoms with E-state index in [9.17, 15) is 0 Å². The number of morpholine rings is 1. The molecule has 3 heterocycles. The molecule has 33 heavy (non-hydrogen) atoms. The van der Waals surface area contributed by atoms with Crippen LogP contribution in [0.2, 0.25) is 5.02 Å². The monoisotopic (exact) mass is 463 g/mol. The number of hydrogen-bond acceptors (Lipinski definition) is 6. The molecule has 4 aromatic rings. The Morgan fingerprint density at radius 2 is 1.82 bits per heavy atom. The number of hydrogen-bond donors (Lipinski definition) is 1. The molecule has 8 heteroatoms. The van der Waals surface area contributed by atoms with Crippen LogP contribution >= 0.6 is 11.6 Å². The lowest BCUT2D eigenvalue weighted by molar-refractivity contribution is 0.122. The summed E-state index contributed by atoms with van der Waals surface area (Å²) < 4.78 is 12.7. The lowest BCUT2D eigenvalue weighted by Crippen LogP contribution is -2.36. The number of ether oxygens (including phenoxy) is 2. The van der Waals surface area contributed by atoms with Crippen molar-refractivity contribution in [3.63, 3.8) is 0 Å². The SMILES string of the molecule is COCc1ccc(Nc2ncc3ccn(-c4ccc(N5CCOCC5)c(Cl)c4C)c3n2)cc1. The molecule has 0 aliphatic carbocycles. The van der Waals surface area contributed by atoms with Gasteiger partial charge < -0.3 is 24.3 Å². The Labute approximate surface area is 197 Å². The summed E-state index contributed by atoms with van der Waals surface area (Å²) in [7, 11) is 1.69. The van der Waals surface area contributed by atoms with Crippen molar-refractivity contribution in [2.45, 2.75) is 13.5 Å². The van der Waals surface area contributed by atoms with Crippen molar-refractivity contribution in [3.05, 3.63) is 71.0 Å². The Bertz CT molecular complexity index is 1270. The van der Waals surface area contributed by atoms with Gasteiger partial charge in [-0.1, -0.05) is 23.7 Å². The summed E-state index contributed by atoms with van der Waals surface area (Å²) in [6.07, 6.45) is 3.84. The standard InChI is InChI=1S/C25H26ClN5O2/c1-17-21(7-8-22(23(17)26)30-11-13-33-14-12-30)31-10-9-19-15-27-25(29-24(19)31)28-20-5-3-18(4-6-20)16-32-2/h3-10,15H,11-14,16H2,1-2H3,(H,27,28,29). The minimum atomic E-state index is 0.538. The molecule has 0 spiro atoms. The van der Waals surface area contributed by atoms with Gasteiger partial charge in [-0.25, -0.2) is 4.98 Å². The number of halogens is 1. The molecular weight excluding hydrogens is 438 g/mol. The fraction of sp³-hybridized carbons (Fsp3) is 0.280. The van der Waals surface area contributed by atoms with Gasteiger partial charge in [0.05, 0.1) is 36.2 Å². The number of rotatable bonds is 6. The van der Waals surface area contributed by atoms with Gasteiger partial charge in [-0.15, -0.1) is 0 Å². The zero-order chi connectivity index (χ0) is 22.8. The van der Waals surface area contributed by atoms with Crippen LogP contribution in [0.4, 0.5) is 17.3 Å². The molecule has 2 aromatic heterocycles. The highest BCUT2D eigenvalue weighted by molar-refractivity contribution is 6.34. The fourth-order valence-electron chi connectivity index (χ4n) is 4.12. The zero-order valence-electron chi connectivity index (χ0n) is 18.7. The largest absolute Gasteiger partial charge is 0.380 e. The molecule has 0 saturated carbocycles. The molecule has 2 aromatic carbocycles. The van der Waals surface area contributed by atoms with E-state index < -0.39 is 0 Å². The van der Waals surface area contributed by atoms with Gasteiger partial charge in [0.25, 0.3) is 0 Å². The Morgan fingerprint density at radius 1 is 1.06 bits per heavy atom. The van der Waals surface area contributed by atoms with Gasteiger partial charge in [0, 0.05) is 43.7 Å². The number of aromatic nitrogens is 3. The van der Waals surface area contributed by atoms with Gasteiger partial charge in [0.15, 0.2) is 0 Å². The quantitative estimate of drug-likeness (QED) is 0.428. The van der Waals surface area contributed by atoms with Crippen LogP contribution < -0.4 is 10.2 Å². The van der Waals surface area contributed by atoms with Gasteiger partial charge in [-0.3, -0.25) is 0 Å². The molecule has 0 unspecified atom stereocenters. The van der Waals surface area contributed by atoms with Crippen molar-refractivity contribution in [1.82, 2.24) is 14.5 Å².